The Morgan fingerprint density at radius 2 is 2.00 bits per heavy atom. The Morgan fingerprint density at radius 1 is 1.25 bits per heavy atom. The van der Waals surface area contributed by atoms with Crippen LogP contribution in [0.5, 0.6) is 5.75 Å². The Bertz CT molecular complexity index is 448. The fraction of sp³-hybridized carbons (Fsp3) is 0.333. The van der Waals surface area contributed by atoms with Crippen LogP contribution in [-0.4, -0.2) is 14.8 Å². The van der Waals surface area contributed by atoms with Gasteiger partial charge in [0.1, 0.15) is 18.7 Å². The molecule has 1 heterocycles. The summed E-state index contributed by atoms with van der Waals surface area (Å²) in [6.45, 7) is 5.35. The number of aromatic nitrogens is 3. The number of ether oxygens (including phenoxy) is 1. The summed E-state index contributed by atoms with van der Waals surface area (Å²) in [6, 6.07) is 7.98. The lowest BCUT2D eigenvalue weighted by Crippen LogP contribution is -2.07. The molecule has 0 atom stereocenters. The summed E-state index contributed by atoms with van der Waals surface area (Å²) >= 11 is 0. The lowest BCUT2D eigenvalue weighted by atomic mass is 10.2. The highest BCUT2D eigenvalue weighted by atomic mass is 16.5. The van der Waals surface area contributed by atoms with Gasteiger partial charge in [-0.25, -0.2) is 9.67 Å². The van der Waals surface area contributed by atoms with Gasteiger partial charge in [0.2, 0.25) is 0 Å². The Kier molecular flexibility index (Phi) is 3.19. The van der Waals surface area contributed by atoms with Crippen LogP contribution in [0.15, 0.2) is 30.6 Å². The van der Waals surface area contributed by atoms with Crippen molar-refractivity contribution in [1.82, 2.24) is 14.8 Å². The molecule has 1 aromatic heterocycles. The van der Waals surface area contributed by atoms with Crippen LogP contribution >= 0.6 is 0 Å². The number of aryl methyl sites for hydroxylation is 2. The van der Waals surface area contributed by atoms with Gasteiger partial charge in [0.15, 0.2) is 5.82 Å². The molecule has 0 N–H and O–H groups in total. The summed E-state index contributed by atoms with van der Waals surface area (Å²) in [5.41, 5.74) is 1.23. The lowest BCUT2D eigenvalue weighted by Gasteiger charge is -2.06. The van der Waals surface area contributed by atoms with Crippen LogP contribution in [0.2, 0.25) is 0 Å². The molecule has 1 aromatic carbocycles. The van der Waals surface area contributed by atoms with Crippen molar-refractivity contribution in [2.24, 2.45) is 0 Å². The van der Waals surface area contributed by atoms with Gasteiger partial charge in [-0.15, -0.1) is 0 Å². The van der Waals surface area contributed by atoms with E-state index in [0.717, 1.165) is 18.1 Å². The first-order valence-corrected chi connectivity index (χ1v) is 5.35. The molecule has 2 aromatic rings. The van der Waals surface area contributed by atoms with Gasteiger partial charge in [-0.1, -0.05) is 17.7 Å². The molecule has 0 saturated carbocycles. The molecule has 84 valence electrons. The highest BCUT2D eigenvalue weighted by Gasteiger charge is 2.02. The summed E-state index contributed by atoms with van der Waals surface area (Å²) in [5.74, 6) is 1.71. The van der Waals surface area contributed by atoms with E-state index in [1.807, 2.05) is 35.9 Å². The Labute approximate surface area is 94.9 Å². The SMILES string of the molecule is CCn1ncnc1COc1ccc(C)cc1. The van der Waals surface area contributed by atoms with Crippen molar-refractivity contribution in [2.45, 2.75) is 27.0 Å². The minimum atomic E-state index is 0.455. The van der Waals surface area contributed by atoms with E-state index in [1.54, 1.807) is 6.33 Å². The third-order valence-electron chi connectivity index (χ3n) is 2.38. The van der Waals surface area contributed by atoms with Gasteiger partial charge < -0.3 is 4.74 Å². The number of hydrogen-bond acceptors (Lipinski definition) is 3. The molecule has 4 nitrogen and oxygen atoms in total. The zero-order chi connectivity index (χ0) is 11.4. The predicted octanol–water partition coefficient (Wildman–Crippen LogP) is 2.19. The molecule has 2 rings (SSSR count). The summed E-state index contributed by atoms with van der Waals surface area (Å²) in [7, 11) is 0. The van der Waals surface area contributed by atoms with E-state index in [-0.39, 0.29) is 0 Å². The van der Waals surface area contributed by atoms with Gasteiger partial charge in [0.25, 0.3) is 0 Å². The predicted molar refractivity (Wildman–Crippen MR) is 61.2 cm³/mol. The Hall–Kier alpha value is -1.84. The fourth-order valence-electron chi connectivity index (χ4n) is 1.45. The highest BCUT2D eigenvalue weighted by Crippen LogP contribution is 2.12. The monoisotopic (exact) mass is 217 g/mol. The molecule has 4 heteroatoms. The minimum Gasteiger partial charge on any atom is -0.486 e. The molecule has 0 aliphatic rings. The van der Waals surface area contributed by atoms with E-state index in [9.17, 15) is 0 Å². The van der Waals surface area contributed by atoms with Crippen molar-refractivity contribution in [3.8, 4) is 5.75 Å². The maximum absolute atomic E-state index is 5.62. The number of nitrogens with zero attached hydrogens (tertiary/aromatic N) is 3. The average Bonchev–Trinajstić information content (AvgIpc) is 2.76. The number of benzene rings is 1. The molecule has 0 unspecified atom stereocenters. The van der Waals surface area contributed by atoms with Gasteiger partial charge in [-0.2, -0.15) is 5.10 Å². The van der Waals surface area contributed by atoms with Gasteiger partial charge >= 0.3 is 0 Å². The second-order valence-electron chi connectivity index (χ2n) is 3.59. The molecule has 16 heavy (non-hydrogen) atoms. The first kappa shape index (κ1) is 10.7. The highest BCUT2D eigenvalue weighted by molar-refractivity contribution is 5.26. The topological polar surface area (TPSA) is 39.9 Å². The van der Waals surface area contributed by atoms with Crippen molar-refractivity contribution < 1.29 is 4.74 Å². The summed E-state index contributed by atoms with van der Waals surface area (Å²) in [4.78, 5) is 4.15. The van der Waals surface area contributed by atoms with Gasteiger partial charge in [-0.05, 0) is 26.0 Å². The van der Waals surface area contributed by atoms with E-state index in [0.29, 0.717) is 6.61 Å². The van der Waals surface area contributed by atoms with Crippen molar-refractivity contribution in [1.29, 1.82) is 0 Å². The van der Waals surface area contributed by atoms with Crippen LogP contribution in [0.3, 0.4) is 0 Å². The van der Waals surface area contributed by atoms with Crippen LogP contribution in [-0.2, 0) is 13.2 Å². The van der Waals surface area contributed by atoms with Crippen molar-refractivity contribution in [3.05, 3.63) is 42.0 Å². The Balaban J connectivity index is 1.99. The number of hydrogen-bond donors (Lipinski definition) is 0. The average molecular weight is 217 g/mol. The van der Waals surface area contributed by atoms with E-state index < -0.39 is 0 Å². The fourth-order valence-corrected chi connectivity index (χ4v) is 1.45. The van der Waals surface area contributed by atoms with E-state index in [4.69, 9.17) is 4.74 Å². The second-order valence-corrected chi connectivity index (χ2v) is 3.59. The molecular weight excluding hydrogens is 202 g/mol. The molecule has 0 bridgehead atoms. The van der Waals surface area contributed by atoms with Crippen LogP contribution in [0.25, 0.3) is 0 Å². The maximum atomic E-state index is 5.62. The third-order valence-corrected chi connectivity index (χ3v) is 2.38. The van der Waals surface area contributed by atoms with Crippen LogP contribution < -0.4 is 4.74 Å². The quantitative estimate of drug-likeness (QED) is 0.788. The van der Waals surface area contributed by atoms with E-state index >= 15 is 0 Å². The van der Waals surface area contributed by atoms with Crippen molar-refractivity contribution in [3.63, 3.8) is 0 Å². The molecular formula is C12H15N3O. The van der Waals surface area contributed by atoms with Crippen molar-refractivity contribution in [2.75, 3.05) is 0 Å². The minimum absolute atomic E-state index is 0.455. The van der Waals surface area contributed by atoms with Gasteiger partial charge in [0.05, 0.1) is 0 Å². The zero-order valence-electron chi connectivity index (χ0n) is 9.55. The van der Waals surface area contributed by atoms with Crippen LogP contribution in [0.1, 0.15) is 18.3 Å². The molecule has 0 aliphatic carbocycles. The van der Waals surface area contributed by atoms with Gasteiger partial charge in [0, 0.05) is 6.54 Å². The van der Waals surface area contributed by atoms with E-state index in [1.165, 1.54) is 5.56 Å². The van der Waals surface area contributed by atoms with Crippen LogP contribution in [0.4, 0.5) is 0 Å². The largest absolute Gasteiger partial charge is 0.486 e. The summed E-state index contributed by atoms with van der Waals surface area (Å²) < 4.78 is 7.45. The summed E-state index contributed by atoms with van der Waals surface area (Å²) in [5, 5.41) is 4.09. The van der Waals surface area contributed by atoms with Crippen molar-refractivity contribution >= 4 is 0 Å². The van der Waals surface area contributed by atoms with E-state index in [2.05, 4.69) is 17.0 Å². The molecule has 0 saturated heterocycles. The smallest absolute Gasteiger partial charge is 0.164 e. The molecule has 0 amide bonds. The number of rotatable bonds is 4. The second kappa shape index (κ2) is 4.79. The standard InChI is InChI=1S/C12H15N3O/c1-3-15-12(13-9-14-15)8-16-11-6-4-10(2)5-7-11/h4-7,9H,3,8H2,1-2H3. The lowest BCUT2D eigenvalue weighted by molar-refractivity contribution is 0.287. The Morgan fingerprint density at radius 3 is 2.69 bits per heavy atom. The van der Waals surface area contributed by atoms with Crippen LogP contribution in [0, 0.1) is 6.92 Å². The third kappa shape index (κ3) is 2.39. The maximum Gasteiger partial charge on any atom is 0.164 e. The molecule has 0 radical (unpaired) electrons. The first-order valence-electron chi connectivity index (χ1n) is 5.35. The normalized spacial score (nSPS) is 10.4. The zero-order valence-corrected chi connectivity index (χ0v) is 9.55. The summed E-state index contributed by atoms with van der Waals surface area (Å²) in [6.07, 6.45) is 1.55. The first-order chi connectivity index (χ1) is 7.79. The molecule has 0 aliphatic heterocycles. The molecule has 0 spiro atoms. The molecule has 0 fully saturated rings. The van der Waals surface area contributed by atoms with Gasteiger partial charge in [-0.3, -0.25) is 0 Å².